The Morgan fingerprint density at radius 2 is 1.91 bits per heavy atom. The zero-order chi connectivity index (χ0) is 24.2. The van der Waals surface area contributed by atoms with Crippen LogP contribution in [-0.2, 0) is 6.54 Å². The topological polar surface area (TPSA) is 78.7 Å². The van der Waals surface area contributed by atoms with Crippen LogP contribution in [0.3, 0.4) is 0 Å². The highest BCUT2D eigenvalue weighted by molar-refractivity contribution is 5.86. The lowest BCUT2D eigenvalue weighted by atomic mass is 9.97. The number of anilines is 1. The van der Waals surface area contributed by atoms with Crippen LogP contribution in [0.2, 0.25) is 0 Å². The van der Waals surface area contributed by atoms with Crippen molar-refractivity contribution in [3.63, 3.8) is 0 Å². The van der Waals surface area contributed by atoms with Gasteiger partial charge >= 0.3 is 6.09 Å². The van der Waals surface area contributed by atoms with E-state index in [1.165, 1.54) is 21.7 Å². The number of piperidine rings is 1. The number of benzene rings is 2. The molecule has 1 aliphatic heterocycles. The molecule has 0 radical (unpaired) electrons. The number of hydrogen-bond acceptors (Lipinski definition) is 4. The van der Waals surface area contributed by atoms with Gasteiger partial charge in [0.25, 0.3) is 5.56 Å². The van der Waals surface area contributed by atoms with Gasteiger partial charge in [-0.3, -0.25) is 9.69 Å². The average Bonchev–Trinajstić information content (AvgIpc) is 2.78. The molecule has 2 heterocycles. The SMILES string of the molecule is CN1CCCC(CN(C(=O)O)c2cccc(Cn3nc(-c4cc(F)cc(F)c4)ccc3=O)c2)C1. The van der Waals surface area contributed by atoms with E-state index in [0.717, 1.165) is 44.1 Å². The Balaban J connectivity index is 1.58. The van der Waals surface area contributed by atoms with Crippen LogP contribution in [0.5, 0.6) is 0 Å². The van der Waals surface area contributed by atoms with Crippen LogP contribution in [0.4, 0.5) is 19.3 Å². The molecule has 0 aliphatic carbocycles. The van der Waals surface area contributed by atoms with Crippen molar-refractivity contribution in [1.82, 2.24) is 14.7 Å². The molecule has 1 unspecified atom stereocenters. The number of hydrogen-bond donors (Lipinski definition) is 1. The molecule has 1 saturated heterocycles. The highest BCUT2D eigenvalue weighted by atomic mass is 19.1. The van der Waals surface area contributed by atoms with Crippen LogP contribution < -0.4 is 10.5 Å². The van der Waals surface area contributed by atoms with Crippen molar-refractivity contribution >= 4 is 11.8 Å². The fourth-order valence-electron chi connectivity index (χ4n) is 4.39. The highest BCUT2D eigenvalue weighted by Crippen LogP contribution is 2.23. The van der Waals surface area contributed by atoms with Gasteiger partial charge < -0.3 is 10.0 Å². The highest BCUT2D eigenvalue weighted by Gasteiger charge is 2.24. The molecule has 2 aromatic carbocycles. The quantitative estimate of drug-likeness (QED) is 0.590. The summed E-state index contributed by atoms with van der Waals surface area (Å²) < 4.78 is 28.4. The molecule has 34 heavy (non-hydrogen) atoms. The lowest BCUT2D eigenvalue weighted by molar-refractivity contribution is 0.189. The Labute approximate surface area is 195 Å². The molecule has 4 rings (SSSR count). The van der Waals surface area contributed by atoms with E-state index in [4.69, 9.17) is 0 Å². The average molecular weight is 469 g/mol. The Bertz CT molecular complexity index is 1230. The number of carbonyl (C=O) groups is 1. The van der Waals surface area contributed by atoms with Crippen LogP contribution >= 0.6 is 0 Å². The molecule has 9 heteroatoms. The molecule has 3 aromatic rings. The monoisotopic (exact) mass is 468 g/mol. The normalized spacial score (nSPS) is 16.4. The van der Waals surface area contributed by atoms with E-state index in [2.05, 4.69) is 10.00 Å². The minimum absolute atomic E-state index is 0.0813. The van der Waals surface area contributed by atoms with Gasteiger partial charge in [-0.05, 0) is 68.2 Å². The third-order valence-corrected chi connectivity index (χ3v) is 5.97. The lowest BCUT2D eigenvalue weighted by Gasteiger charge is -2.32. The van der Waals surface area contributed by atoms with Crippen LogP contribution in [0.15, 0.2) is 59.4 Å². The smallest absolute Gasteiger partial charge is 0.411 e. The number of aromatic nitrogens is 2. The molecule has 1 amide bonds. The van der Waals surface area contributed by atoms with Gasteiger partial charge in [0.05, 0.1) is 12.2 Å². The lowest BCUT2D eigenvalue weighted by Crippen LogP contribution is -2.41. The van der Waals surface area contributed by atoms with E-state index in [1.54, 1.807) is 24.3 Å². The van der Waals surface area contributed by atoms with Crippen molar-refractivity contribution < 1.29 is 18.7 Å². The first-order chi connectivity index (χ1) is 16.3. The summed E-state index contributed by atoms with van der Waals surface area (Å²) in [5, 5.41) is 14.1. The number of rotatable bonds is 6. The van der Waals surface area contributed by atoms with Crippen molar-refractivity contribution in [2.24, 2.45) is 5.92 Å². The van der Waals surface area contributed by atoms with Crippen LogP contribution in [0.25, 0.3) is 11.3 Å². The minimum Gasteiger partial charge on any atom is -0.465 e. The molecule has 0 bridgehead atoms. The molecule has 1 N–H and O–H groups in total. The van der Waals surface area contributed by atoms with Crippen molar-refractivity contribution in [2.75, 3.05) is 31.6 Å². The summed E-state index contributed by atoms with van der Waals surface area (Å²) in [5.41, 5.74) is 1.29. The van der Waals surface area contributed by atoms with Crippen LogP contribution in [0.1, 0.15) is 18.4 Å². The first-order valence-electron chi connectivity index (χ1n) is 11.1. The molecule has 1 atom stereocenters. The van der Waals surface area contributed by atoms with Gasteiger partial charge in [-0.1, -0.05) is 12.1 Å². The summed E-state index contributed by atoms with van der Waals surface area (Å²) in [6, 6.07) is 12.7. The minimum atomic E-state index is -1.03. The van der Waals surface area contributed by atoms with Crippen molar-refractivity contribution in [3.8, 4) is 11.3 Å². The third kappa shape index (κ3) is 5.66. The number of halogens is 2. The summed E-state index contributed by atoms with van der Waals surface area (Å²) in [4.78, 5) is 28.0. The number of carboxylic acid groups (broad SMARTS) is 1. The van der Waals surface area contributed by atoms with E-state index in [1.807, 2.05) is 7.05 Å². The van der Waals surface area contributed by atoms with E-state index >= 15 is 0 Å². The fourth-order valence-corrected chi connectivity index (χ4v) is 4.39. The Morgan fingerprint density at radius 1 is 1.15 bits per heavy atom. The zero-order valence-corrected chi connectivity index (χ0v) is 18.8. The Hall–Kier alpha value is -3.59. The maximum Gasteiger partial charge on any atom is 0.411 e. The third-order valence-electron chi connectivity index (χ3n) is 5.97. The van der Waals surface area contributed by atoms with Gasteiger partial charge in [0, 0.05) is 36.5 Å². The van der Waals surface area contributed by atoms with E-state index < -0.39 is 17.7 Å². The summed E-state index contributed by atoms with van der Waals surface area (Å²) in [6.45, 7) is 2.33. The Kier molecular flexibility index (Phi) is 7.02. The molecular weight excluding hydrogens is 442 g/mol. The van der Waals surface area contributed by atoms with Gasteiger partial charge in [0.1, 0.15) is 11.6 Å². The molecule has 7 nitrogen and oxygen atoms in total. The second-order valence-corrected chi connectivity index (χ2v) is 8.71. The van der Waals surface area contributed by atoms with E-state index in [-0.39, 0.29) is 29.3 Å². The largest absolute Gasteiger partial charge is 0.465 e. The van der Waals surface area contributed by atoms with Gasteiger partial charge in [-0.25, -0.2) is 18.3 Å². The number of nitrogens with zero attached hydrogens (tertiary/aromatic N) is 4. The molecular formula is C25H26F2N4O3. The first kappa shape index (κ1) is 23.6. The van der Waals surface area contributed by atoms with Crippen molar-refractivity contribution in [1.29, 1.82) is 0 Å². The maximum absolute atomic E-state index is 13.6. The second-order valence-electron chi connectivity index (χ2n) is 8.71. The van der Waals surface area contributed by atoms with Gasteiger partial charge in [0.15, 0.2) is 0 Å². The second kappa shape index (κ2) is 10.1. The zero-order valence-electron chi connectivity index (χ0n) is 18.8. The predicted molar refractivity (Wildman–Crippen MR) is 125 cm³/mol. The molecule has 178 valence electrons. The van der Waals surface area contributed by atoms with Crippen molar-refractivity contribution in [2.45, 2.75) is 19.4 Å². The van der Waals surface area contributed by atoms with E-state index in [0.29, 0.717) is 17.8 Å². The summed E-state index contributed by atoms with van der Waals surface area (Å²) in [6.07, 6.45) is 0.978. The van der Waals surface area contributed by atoms with Crippen molar-refractivity contribution in [3.05, 3.63) is 82.1 Å². The molecule has 0 spiro atoms. The molecule has 0 saturated carbocycles. The van der Waals surface area contributed by atoms with Crippen LogP contribution in [-0.4, -0.2) is 52.6 Å². The van der Waals surface area contributed by atoms with Crippen LogP contribution in [0, 0.1) is 17.6 Å². The van der Waals surface area contributed by atoms with Gasteiger partial charge in [-0.15, -0.1) is 0 Å². The maximum atomic E-state index is 13.6. The summed E-state index contributed by atoms with van der Waals surface area (Å²) in [7, 11) is 2.04. The first-order valence-corrected chi connectivity index (χ1v) is 11.1. The summed E-state index contributed by atoms with van der Waals surface area (Å²) in [5.74, 6) is -1.23. The predicted octanol–water partition coefficient (Wildman–Crippen LogP) is 4.06. The van der Waals surface area contributed by atoms with E-state index in [9.17, 15) is 23.5 Å². The molecule has 1 aliphatic rings. The fraction of sp³-hybridized carbons (Fsp3) is 0.320. The molecule has 1 aromatic heterocycles. The van der Waals surface area contributed by atoms with Gasteiger partial charge in [0.2, 0.25) is 0 Å². The number of amides is 1. The van der Waals surface area contributed by atoms with Gasteiger partial charge in [-0.2, -0.15) is 5.10 Å². The standard InChI is InChI=1S/C25H26F2N4O3/c1-29-9-3-5-18(14-29)15-30(25(33)34)22-6-2-4-17(10-22)16-31-24(32)8-7-23(28-31)19-11-20(26)13-21(27)12-19/h2,4,6-8,10-13,18H,3,5,9,14-16H2,1H3,(H,33,34). The Morgan fingerprint density at radius 3 is 2.62 bits per heavy atom. The molecule has 1 fully saturated rings. The number of likely N-dealkylation sites (tertiary alicyclic amines) is 1. The summed E-state index contributed by atoms with van der Waals surface area (Å²) >= 11 is 0.